The minimum Gasteiger partial charge on any atom is -0.379 e. The van der Waals surface area contributed by atoms with Crippen molar-refractivity contribution in [1.29, 1.82) is 0 Å². The molecule has 1 saturated heterocycles. The number of hydrogen-bond acceptors (Lipinski definition) is 3. The fourth-order valence-electron chi connectivity index (χ4n) is 4.06. The summed E-state index contributed by atoms with van der Waals surface area (Å²) in [6.07, 6.45) is 0.992. The van der Waals surface area contributed by atoms with Gasteiger partial charge in [0.15, 0.2) is 5.78 Å². The molecule has 1 aliphatic carbocycles. The van der Waals surface area contributed by atoms with Crippen LogP contribution in [0.2, 0.25) is 0 Å². The molecule has 1 fully saturated rings. The Labute approximate surface area is 133 Å². The first kappa shape index (κ1) is 15.7. The monoisotopic (exact) mass is 301 g/mol. The van der Waals surface area contributed by atoms with Crippen molar-refractivity contribution in [3.05, 3.63) is 34.4 Å². The van der Waals surface area contributed by atoms with Gasteiger partial charge in [-0.25, -0.2) is 0 Å². The van der Waals surface area contributed by atoms with Gasteiger partial charge in [-0.1, -0.05) is 31.5 Å². The van der Waals surface area contributed by atoms with E-state index in [1.165, 1.54) is 11.1 Å². The van der Waals surface area contributed by atoms with Gasteiger partial charge < -0.3 is 4.74 Å². The molecule has 2 aliphatic rings. The van der Waals surface area contributed by atoms with E-state index < -0.39 is 0 Å². The number of fused-ring (bicyclic) bond motifs is 1. The minimum atomic E-state index is 0.0165. The summed E-state index contributed by atoms with van der Waals surface area (Å²) in [4.78, 5) is 15.6. The molecule has 0 radical (unpaired) electrons. The van der Waals surface area contributed by atoms with E-state index in [1.54, 1.807) is 0 Å². The fraction of sp³-hybridized carbons (Fsp3) is 0.632. The van der Waals surface area contributed by atoms with Gasteiger partial charge in [-0.15, -0.1) is 0 Å². The normalized spacial score (nSPS) is 25.1. The maximum absolute atomic E-state index is 13.2. The van der Waals surface area contributed by atoms with Gasteiger partial charge in [0.25, 0.3) is 0 Å². The Hall–Kier alpha value is -1.19. The molecule has 1 heterocycles. The van der Waals surface area contributed by atoms with E-state index in [4.69, 9.17) is 4.74 Å². The maximum atomic E-state index is 13.2. The molecule has 1 aromatic rings. The zero-order valence-electron chi connectivity index (χ0n) is 14.2. The minimum absolute atomic E-state index is 0.0165. The number of ether oxygens (including phenoxy) is 1. The van der Waals surface area contributed by atoms with Gasteiger partial charge >= 0.3 is 0 Å². The van der Waals surface area contributed by atoms with Gasteiger partial charge in [-0.05, 0) is 36.8 Å². The highest BCUT2D eigenvalue weighted by Gasteiger charge is 2.42. The lowest BCUT2D eigenvalue weighted by Crippen LogP contribution is -2.48. The van der Waals surface area contributed by atoms with Crippen LogP contribution >= 0.6 is 0 Å². The number of hydrogen-bond donors (Lipinski definition) is 0. The Morgan fingerprint density at radius 2 is 1.91 bits per heavy atom. The van der Waals surface area contributed by atoms with Crippen molar-refractivity contribution in [2.75, 3.05) is 32.8 Å². The van der Waals surface area contributed by atoms with Crippen molar-refractivity contribution in [2.24, 2.45) is 11.3 Å². The van der Waals surface area contributed by atoms with Crippen molar-refractivity contribution >= 4 is 5.78 Å². The van der Waals surface area contributed by atoms with Gasteiger partial charge in [-0.3, -0.25) is 9.69 Å². The molecule has 0 aromatic heterocycles. The van der Waals surface area contributed by atoms with Crippen LogP contribution < -0.4 is 0 Å². The van der Waals surface area contributed by atoms with E-state index in [1.807, 2.05) is 0 Å². The number of carbonyl (C=O) groups is 1. The predicted octanol–water partition coefficient (Wildman–Crippen LogP) is 3.02. The molecule has 3 heteroatoms. The van der Waals surface area contributed by atoms with E-state index >= 15 is 0 Å². The van der Waals surface area contributed by atoms with Crippen LogP contribution in [0, 0.1) is 25.2 Å². The highest BCUT2D eigenvalue weighted by Crippen LogP contribution is 2.41. The van der Waals surface area contributed by atoms with Crippen LogP contribution in [0.3, 0.4) is 0 Å². The number of Topliss-reactive ketones (excluding diaryl/α,β-unsaturated/α-hetero) is 1. The number of nitrogens with zero attached hydrogens (tertiary/aromatic N) is 1. The van der Waals surface area contributed by atoms with Crippen molar-refractivity contribution < 1.29 is 9.53 Å². The van der Waals surface area contributed by atoms with Crippen LogP contribution in [-0.4, -0.2) is 43.5 Å². The summed E-state index contributed by atoms with van der Waals surface area (Å²) in [7, 11) is 0. The first-order valence-corrected chi connectivity index (χ1v) is 8.33. The summed E-state index contributed by atoms with van der Waals surface area (Å²) in [6.45, 7) is 13.0. The molecule has 0 bridgehead atoms. The van der Waals surface area contributed by atoms with Crippen LogP contribution in [0.25, 0.3) is 0 Å². The van der Waals surface area contributed by atoms with Crippen LogP contribution in [-0.2, 0) is 11.2 Å². The lowest BCUT2D eigenvalue weighted by atomic mass is 9.65. The molecule has 22 heavy (non-hydrogen) atoms. The third-order valence-electron chi connectivity index (χ3n) is 5.26. The summed E-state index contributed by atoms with van der Waals surface area (Å²) in [5.74, 6) is 0.426. The van der Waals surface area contributed by atoms with Crippen LogP contribution in [0.5, 0.6) is 0 Å². The third kappa shape index (κ3) is 2.84. The lowest BCUT2D eigenvalue weighted by molar-refractivity contribution is 0.0174. The predicted molar refractivity (Wildman–Crippen MR) is 88.5 cm³/mol. The van der Waals surface area contributed by atoms with Crippen LogP contribution in [0.4, 0.5) is 0 Å². The molecule has 0 saturated carbocycles. The zero-order chi connectivity index (χ0) is 15.9. The summed E-state index contributed by atoms with van der Waals surface area (Å²) >= 11 is 0. The highest BCUT2D eigenvalue weighted by atomic mass is 16.5. The van der Waals surface area contributed by atoms with Gasteiger partial charge in [-0.2, -0.15) is 0 Å². The quantitative estimate of drug-likeness (QED) is 0.841. The second kappa shape index (κ2) is 5.78. The molecular weight excluding hydrogens is 274 g/mol. The first-order valence-electron chi connectivity index (χ1n) is 8.33. The largest absolute Gasteiger partial charge is 0.379 e. The highest BCUT2D eigenvalue weighted by molar-refractivity contribution is 6.02. The lowest BCUT2D eigenvalue weighted by Gasteiger charge is -2.42. The van der Waals surface area contributed by atoms with Gasteiger partial charge in [0.05, 0.1) is 13.2 Å². The van der Waals surface area contributed by atoms with Crippen LogP contribution in [0.1, 0.15) is 40.9 Å². The van der Waals surface area contributed by atoms with Crippen molar-refractivity contribution in [3.63, 3.8) is 0 Å². The molecule has 1 atom stereocenters. The van der Waals surface area contributed by atoms with Gasteiger partial charge in [0, 0.05) is 31.1 Å². The standard InChI is InChI=1S/C19H27NO2/c1-13-9-14(2)17-15(10-13)11-19(3,4)16(18(17)21)12-20-5-7-22-8-6-20/h9-10,16H,5-8,11-12H2,1-4H3. The average Bonchev–Trinajstić information content (AvgIpc) is 2.43. The molecule has 120 valence electrons. The summed E-state index contributed by atoms with van der Waals surface area (Å²) < 4.78 is 5.43. The number of morpholine rings is 1. The summed E-state index contributed by atoms with van der Waals surface area (Å²) in [5, 5.41) is 0. The summed E-state index contributed by atoms with van der Waals surface area (Å²) in [5.41, 5.74) is 4.64. The second-order valence-electron chi connectivity index (χ2n) is 7.61. The maximum Gasteiger partial charge on any atom is 0.168 e. The Balaban J connectivity index is 1.92. The first-order chi connectivity index (χ1) is 10.4. The smallest absolute Gasteiger partial charge is 0.168 e. The van der Waals surface area contributed by atoms with Crippen molar-refractivity contribution in [2.45, 2.75) is 34.1 Å². The Kier molecular flexibility index (Phi) is 4.13. The van der Waals surface area contributed by atoms with E-state index in [0.29, 0.717) is 5.78 Å². The van der Waals surface area contributed by atoms with Gasteiger partial charge in [0.2, 0.25) is 0 Å². The second-order valence-corrected chi connectivity index (χ2v) is 7.61. The number of benzene rings is 1. The van der Waals surface area contributed by atoms with Gasteiger partial charge in [0.1, 0.15) is 0 Å². The number of rotatable bonds is 2. The number of carbonyl (C=O) groups excluding carboxylic acids is 1. The molecule has 3 rings (SSSR count). The summed E-state index contributed by atoms with van der Waals surface area (Å²) in [6, 6.07) is 4.34. The molecule has 1 aromatic carbocycles. The van der Waals surface area contributed by atoms with Crippen molar-refractivity contribution in [1.82, 2.24) is 4.90 Å². The van der Waals surface area contributed by atoms with E-state index in [-0.39, 0.29) is 11.3 Å². The van der Waals surface area contributed by atoms with E-state index in [2.05, 4.69) is 44.7 Å². The Morgan fingerprint density at radius 1 is 1.23 bits per heavy atom. The van der Waals surface area contributed by atoms with Crippen molar-refractivity contribution in [3.8, 4) is 0 Å². The third-order valence-corrected chi connectivity index (χ3v) is 5.26. The topological polar surface area (TPSA) is 29.5 Å². The molecule has 1 unspecified atom stereocenters. The molecule has 1 aliphatic heterocycles. The van der Waals surface area contributed by atoms with E-state index in [9.17, 15) is 4.79 Å². The SMILES string of the molecule is Cc1cc(C)c2c(c1)CC(C)(C)C(CN1CCOCC1)C2=O. The van der Waals surface area contributed by atoms with E-state index in [0.717, 1.165) is 50.4 Å². The zero-order valence-corrected chi connectivity index (χ0v) is 14.2. The Morgan fingerprint density at radius 3 is 2.59 bits per heavy atom. The molecule has 3 nitrogen and oxygen atoms in total. The molecular formula is C19H27NO2. The number of ketones is 1. The fourth-order valence-corrected chi connectivity index (χ4v) is 4.06. The Bertz CT molecular complexity index is 585. The molecule has 0 spiro atoms. The number of aryl methyl sites for hydroxylation is 2. The van der Waals surface area contributed by atoms with Crippen LogP contribution in [0.15, 0.2) is 12.1 Å². The molecule has 0 N–H and O–H groups in total. The average molecular weight is 301 g/mol. The molecule has 0 amide bonds.